The summed E-state index contributed by atoms with van der Waals surface area (Å²) >= 11 is 1.55. The van der Waals surface area contributed by atoms with Gasteiger partial charge in [-0.3, -0.25) is 9.69 Å². The van der Waals surface area contributed by atoms with Crippen LogP contribution in [0.15, 0.2) is 60.0 Å². The molecule has 2 aromatic carbocycles. The highest BCUT2D eigenvalue weighted by Crippen LogP contribution is 2.26. The Morgan fingerprint density at radius 1 is 1.15 bits per heavy atom. The predicted molar refractivity (Wildman–Crippen MR) is 110 cm³/mol. The Labute approximate surface area is 164 Å². The van der Waals surface area contributed by atoms with Crippen LogP contribution >= 0.6 is 11.8 Å². The zero-order valence-electron chi connectivity index (χ0n) is 15.5. The van der Waals surface area contributed by atoms with Crippen LogP contribution in [0.25, 0.3) is 10.8 Å². The third-order valence-corrected chi connectivity index (χ3v) is 5.78. The Balaban J connectivity index is 1.49. The lowest BCUT2D eigenvalue weighted by molar-refractivity contribution is 0.0813. The van der Waals surface area contributed by atoms with Crippen LogP contribution in [0.2, 0.25) is 0 Å². The fraction of sp³-hybridized carbons (Fsp3) is 0.318. The Hall–Kier alpha value is -2.24. The molecule has 1 atom stereocenters. The minimum atomic E-state index is 0.0518. The first-order chi connectivity index (χ1) is 13.2. The number of rotatable bonds is 5. The van der Waals surface area contributed by atoms with Gasteiger partial charge in [0.05, 0.1) is 0 Å². The van der Waals surface area contributed by atoms with Gasteiger partial charge in [-0.1, -0.05) is 54.2 Å². The summed E-state index contributed by atoms with van der Waals surface area (Å²) in [5.41, 5.74) is 1.96. The van der Waals surface area contributed by atoms with Crippen molar-refractivity contribution < 1.29 is 4.79 Å². The van der Waals surface area contributed by atoms with E-state index in [-0.39, 0.29) is 11.7 Å². The summed E-state index contributed by atoms with van der Waals surface area (Å²) in [6.07, 6.45) is 7.78. The topological polar surface area (TPSA) is 46.1 Å². The monoisotopic (exact) mass is 377 g/mol. The van der Waals surface area contributed by atoms with Crippen LogP contribution in [0.5, 0.6) is 0 Å². The lowest BCUT2D eigenvalue weighted by Crippen LogP contribution is -2.38. The molecule has 0 radical (unpaired) electrons. The smallest absolute Gasteiger partial charge is 0.187 e. The lowest BCUT2D eigenvalue weighted by atomic mass is 9.88. The number of Topliss-reactive ketones (excluding diaryl/α,β-unsaturated/α-hetero) is 1. The van der Waals surface area contributed by atoms with Gasteiger partial charge in [-0.05, 0) is 36.4 Å². The molecule has 0 unspecified atom stereocenters. The zero-order valence-corrected chi connectivity index (χ0v) is 16.3. The van der Waals surface area contributed by atoms with Crippen molar-refractivity contribution in [1.82, 2.24) is 14.9 Å². The Morgan fingerprint density at radius 3 is 2.74 bits per heavy atom. The molecule has 1 aliphatic rings. The van der Waals surface area contributed by atoms with Crippen molar-refractivity contribution in [2.45, 2.75) is 24.5 Å². The van der Waals surface area contributed by atoms with E-state index in [1.54, 1.807) is 11.8 Å². The molecule has 3 aromatic rings. The minimum absolute atomic E-state index is 0.0518. The summed E-state index contributed by atoms with van der Waals surface area (Å²) in [5.74, 6) is 0.321. The summed E-state index contributed by atoms with van der Waals surface area (Å²) in [5, 5.41) is 2.98. The maximum atomic E-state index is 13.2. The molecule has 1 saturated heterocycles. The maximum absolute atomic E-state index is 13.2. The predicted octanol–water partition coefficient (Wildman–Crippen LogP) is 4.45. The molecule has 0 spiro atoms. The third-order valence-electron chi connectivity index (χ3n) is 5.20. The standard InChI is InChI=1S/C22H23N3OS/c1-27-22-23-12-16(13-24-22)14-25-11-5-8-18(15-25)21(26)20-10-4-7-17-6-2-3-9-19(17)20/h2-4,6-7,9-10,12-13,18H,5,8,11,14-15H2,1H3/t18-/m1/s1. The Bertz CT molecular complexity index is 936. The lowest BCUT2D eigenvalue weighted by Gasteiger charge is -2.32. The number of ketones is 1. The summed E-state index contributed by atoms with van der Waals surface area (Å²) in [6.45, 7) is 2.61. The number of likely N-dealkylation sites (tertiary alicyclic amines) is 1. The highest BCUT2D eigenvalue weighted by Gasteiger charge is 2.27. The van der Waals surface area contributed by atoms with Crippen LogP contribution in [0.1, 0.15) is 28.8 Å². The van der Waals surface area contributed by atoms with E-state index in [0.29, 0.717) is 0 Å². The van der Waals surface area contributed by atoms with Crippen molar-refractivity contribution in [1.29, 1.82) is 0 Å². The molecule has 0 amide bonds. The van der Waals surface area contributed by atoms with Crippen LogP contribution in [-0.2, 0) is 6.54 Å². The highest BCUT2D eigenvalue weighted by atomic mass is 32.2. The number of carbonyl (C=O) groups is 1. The van der Waals surface area contributed by atoms with E-state index in [2.05, 4.69) is 27.0 Å². The van der Waals surface area contributed by atoms with Crippen LogP contribution in [0.4, 0.5) is 0 Å². The molecule has 0 saturated carbocycles. The van der Waals surface area contributed by atoms with Crippen LogP contribution < -0.4 is 0 Å². The quantitative estimate of drug-likeness (QED) is 0.373. The first-order valence-corrected chi connectivity index (χ1v) is 10.6. The molecular weight excluding hydrogens is 354 g/mol. The van der Waals surface area contributed by atoms with E-state index in [1.165, 1.54) is 0 Å². The molecular formula is C22H23N3OS. The van der Waals surface area contributed by atoms with E-state index in [9.17, 15) is 4.79 Å². The molecule has 1 aromatic heterocycles. The van der Waals surface area contributed by atoms with Crippen molar-refractivity contribution in [3.63, 3.8) is 0 Å². The molecule has 0 bridgehead atoms. The van der Waals surface area contributed by atoms with E-state index in [1.807, 2.05) is 49.0 Å². The van der Waals surface area contributed by atoms with Gasteiger partial charge in [0.25, 0.3) is 0 Å². The number of nitrogens with zero attached hydrogens (tertiary/aromatic N) is 3. The van der Waals surface area contributed by atoms with Crippen molar-refractivity contribution >= 4 is 28.3 Å². The molecule has 4 nitrogen and oxygen atoms in total. The molecule has 138 valence electrons. The van der Waals surface area contributed by atoms with Crippen molar-refractivity contribution in [2.24, 2.45) is 5.92 Å². The second kappa shape index (κ2) is 8.19. The number of benzene rings is 2. The molecule has 5 heteroatoms. The SMILES string of the molecule is CSc1ncc(CN2CCC[C@@H](C(=O)c3cccc4ccccc34)C2)cn1. The number of hydrogen-bond donors (Lipinski definition) is 0. The minimum Gasteiger partial charge on any atom is -0.298 e. The van der Waals surface area contributed by atoms with Gasteiger partial charge < -0.3 is 0 Å². The summed E-state index contributed by atoms with van der Waals surface area (Å²) in [4.78, 5) is 24.3. The van der Waals surface area contributed by atoms with Crippen LogP contribution in [0, 0.1) is 5.92 Å². The summed E-state index contributed by atoms with van der Waals surface area (Å²) in [7, 11) is 0. The van der Waals surface area contributed by atoms with Gasteiger partial charge in [-0.2, -0.15) is 0 Å². The van der Waals surface area contributed by atoms with Crippen molar-refractivity contribution in [2.75, 3.05) is 19.3 Å². The van der Waals surface area contributed by atoms with Gasteiger partial charge in [0.15, 0.2) is 10.9 Å². The Kier molecular flexibility index (Phi) is 5.50. The van der Waals surface area contributed by atoms with Gasteiger partial charge in [0.1, 0.15) is 0 Å². The number of piperidine rings is 1. The Morgan fingerprint density at radius 2 is 1.93 bits per heavy atom. The fourth-order valence-electron chi connectivity index (χ4n) is 3.86. The fourth-order valence-corrected chi connectivity index (χ4v) is 4.18. The molecule has 27 heavy (non-hydrogen) atoms. The molecule has 0 N–H and O–H groups in total. The third kappa shape index (κ3) is 4.04. The van der Waals surface area contributed by atoms with Crippen molar-refractivity contribution in [3.05, 3.63) is 66.0 Å². The van der Waals surface area contributed by atoms with E-state index in [4.69, 9.17) is 0 Å². The average Bonchev–Trinajstić information content (AvgIpc) is 2.73. The first kappa shape index (κ1) is 18.1. The number of carbonyl (C=O) groups excluding carboxylic acids is 1. The van der Waals surface area contributed by atoms with Crippen molar-refractivity contribution in [3.8, 4) is 0 Å². The van der Waals surface area contributed by atoms with E-state index >= 15 is 0 Å². The molecule has 2 heterocycles. The number of hydrogen-bond acceptors (Lipinski definition) is 5. The van der Waals surface area contributed by atoms with E-state index < -0.39 is 0 Å². The van der Waals surface area contributed by atoms with Gasteiger partial charge in [0.2, 0.25) is 0 Å². The number of fused-ring (bicyclic) bond motifs is 1. The second-order valence-electron chi connectivity index (χ2n) is 7.04. The number of aromatic nitrogens is 2. The summed E-state index contributed by atoms with van der Waals surface area (Å²) < 4.78 is 0. The highest BCUT2D eigenvalue weighted by molar-refractivity contribution is 7.98. The molecule has 4 rings (SSSR count). The maximum Gasteiger partial charge on any atom is 0.187 e. The zero-order chi connectivity index (χ0) is 18.6. The number of thioether (sulfide) groups is 1. The molecule has 0 aliphatic carbocycles. The largest absolute Gasteiger partial charge is 0.298 e. The molecule has 1 fully saturated rings. The van der Waals surface area contributed by atoms with E-state index in [0.717, 1.165) is 59.5 Å². The van der Waals surface area contributed by atoms with Crippen LogP contribution in [0.3, 0.4) is 0 Å². The first-order valence-electron chi connectivity index (χ1n) is 9.34. The van der Waals surface area contributed by atoms with Crippen LogP contribution in [-0.4, -0.2) is 40.0 Å². The van der Waals surface area contributed by atoms with Gasteiger partial charge in [-0.25, -0.2) is 9.97 Å². The second-order valence-corrected chi connectivity index (χ2v) is 7.82. The summed E-state index contributed by atoms with van der Waals surface area (Å²) in [6, 6.07) is 14.2. The average molecular weight is 378 g/mol. The van der Waals surface area contributed by atoms with Gasteiger partial charge in [0, 0.05) is 42.5 Å². The van der Waals surface area contributed by atoms with Gasteiger partial charge >= 0.3 is 0 Å². The van der Waals surface area contributed by atoms with Gasteiger partial charge in [-0.15, -0.1) is 0 Å². The molecule has 1 aliphatic heterocycles. The normalized spacial score (nSPS) is 17.9.